The second kappa shape index (κ2) is 5.67. The van der Waals surface area contributed by atoms with Gasteiger partial charge in [-0.15, -0.1) is 0 Å². The van der Waals surface area contributed by atoms with Crippen molar-refractivity contribution in [1.82, 2.24) is 4.31 Å². The summed E-state index contributed by atoms with van der Waals surface area (Å²) in [6, 6.07) is 3.35. The van der Waals surface area contributed by atoms with Crippen LogP contribution in [0.1, 0.15) is 20.3 Å². The van der Waals surface area contributed by atoms with Gasteiger partial charge in [-0.25, -0.2) is 12.8 Å². The lowest BCUT2D eigenvalue weighted by Gasteiger charge is -2.37. The number of ether oxygens (including phenoxy) is 1. The monoisotopic (exact) mass is 302 g/mol. The van der Waals surface area contributed by atoms with Crippen LogP contribution in [0, 0.1) is 5.82 Å². The Morgan fingerprint density at radius 1 is 1.50 bits per heavy atom. The van der Waals surface area contributed by atoms with Crippen molar-refractivity contribution in [2.75, 3.05) is 18.9 Å². The molecule has 1 saturated heterocycles. The number of anilines is 1. The predicted octanol–water partition coefficient (Wildman–Crippen LogP) is 1.60. The standard InChI is InChI=1S/C13H19FN2O3S/c1-3-10-8-19-9(2)7-16(10)20(17,18)11-4-5-13(15)12(14)6-11/h4-6,9-10H,3,7-8,15H2,1-2H3. The van der Waals surface area contributed by atoms with Crippen LogP contribution in [-0.2, 0) is 14.8 Å². The molecule has 2 rings (SSSR count). The van der Waals surface area contributed by atoms with Crippen LogP contribution in [-0.4, -0.2) is 38.0 Å². The first-order valence-corrected chi connectivity index (χ1v) is 7.98. The van der Waals surface area contributed by atoms with E-state index in [1.54, 1.807) is 0 Å². The molecule has 0 radical (unpaired) electrons. The minimum absolute atomic E-state index is 0.0636. The molecular weight excluding hydrogens is 283 g/mol. The molecule has 20 heavy (non-hydrogen) atoms. The number of nitrogens with zero attached hydrogens (tertiary/aromatic N) is 1. The van der Waals surface area contributed by atoms with E-state index in [1.165, 1.54) is 16.4 Å². The quantitative estimate of drug-likeness (QED) is 0.861. The fraction of sp³-hybridized carbons (Fsp3) is 0.538. The Hall–Kier alpha value is -1.18. The maximum atomic E-state index is 13.5. The summed E-state index contributed by atoms with van der Waals surface area (Å²) in [6.45, 7) is 4.34. The smallest absolute Gasteiger partial charge is 0.243 e. The first-order chi connectivity index (χ1) is 9.36. The highest BCUT2D eigenvalue weighted by Gasteiger charge is 2.35. The molecule has 1 aliphatic heterocycles. The lowest BCUT2D eigenvalue weighted by molar-refractivity contribution is -0.0230. The zero-order valence-electron chi connectivity index (χ0n) is 11.5. The van der Waals surface area contributed by atoms with E-state index in [9.17, 15) is 12.8 Å². The van der Waals surface area contributed by atoms with Crippen LogP contribution in [0.25, 0.3) is 0 Å². The summed E-state index contributed by atoms with van der Waals surface area (Å²) >= 11 is 0. The number of rotatable bonds is 3. The lowest BCUT2D eigenvalue weighted by Crippen LogP contribution is -2.51. The molecule has 0 aliphatic carbocycles. The van der Waals surface area contributed by atoms with E-state index in [4.69, 9.17) is 10.5 Å². The van der Waals surface area contributed by atoms with Crippen LogP contribution in [0.4, 0.5) is 10.1 Å². The van der Waals surface area contributed by atoms with E-state index in [0.29, 0.717) is 13.0 Å². The van der Waals surface area contributed by atoms with Gasteiger partial charge in [0.05, 0.1) is 23.3 Å². The number of nitrogens with two attached hydrogens (primary N) is 1. The largest absolute Gasteiger partial charge is 0.396 e. The van der Waals surface area contributed by atoms with Crippen LogP contribution in [0.15, 0.2) is 23.1 Å². The number of morpholine rings is 1. The molecule has 1 heterocycles. The third kappa shape index (κ3) is 2.79. The number of sulfonamides is 1. The highest BCUT2D eigenvalue weighted by atomic mass is 32.2. The summed E-state index contributed by atoms with van der Waals surface area (Å²) in [5.41, 5.74) is 5.32. The molecule has 7 heteroatoms. The van der Waals surface area contributed by atoms with Gasteiger partial charge < -0.3 is 10.5 Å². The average Bonchev–Trinajstić information content (AvgIpc) is 2.41. The van der Waals surface area contributed by atoms with Gasteiger partial charge in [0.15, 0.2) is 0 Å². The molecule has 2 N–H and O–H groups in total. The fourth-order valence-corrected chi connectivity index (χ4v) is 4.01. The van der Waals surface area contributed by atoms with E-state index < -0.39 is 15.8 Å². The van der Waals surface area contributed by atoms with E-state index >= 15 is 0 Å². The minimum atomic E-state index is -3.74. The van der Waals surface area contributed by atoms with Crippen LogP contribution in [0.5, 0.6) is 0 Å². The van der Waals surface area contributed by atoms with Crippen LogP contribution in [0.3, 0.4) is 0 Å². The topological polar surface area (TPSA) is 72.6 Å². The average molecular weight is 302 g/mol. The van der Waals surface area contributed by atoms with E-state index in [-0.39, 0.29) is 29.3 Å². The molecule has 0 amide bonds. The molecule has 0 bridgehead atoms. The number of halogens is 1. The second-order valence-electron chi connectivity index (χ2n) is 4.96. The summed E-state index contributed by atoms with van der Waals surface area (Å²) in [6.07, 6.45) is 0.467. The van der Waals surface area contributed by atoms with Crippen molar-refractivity contribution in [3.05, 3.63) is 24.0 Å². The third-order valence-corrected chi connectivity index (χ3v) is 5.38. The zero-order chi connectivity index (χ0) is 14.9. The summed E-state index contributed by atoms with van der Waals surface area (Å²) in [7, 11) is -3.74. The van der Waals surface area contributed by atoms with Gasteiger partial charge >= 0.3 is 0 Å². The number of hydrogen-bond acceptors (Lipinski definition) is 4. The van der Waals surface area contributed by atoms with Gasteiger partial charge in [-0.3, -0.25) is 0 Å². The van der Waals surface area contributed by atoms with E-state index in [1.807, 2.05) is 13.8 Å². The first-order valence-electron chi connectivity index (χ1n) is 6.54. The van der Waals surface area contributed by atoms with Gasteiger partial charge in [0.25, 0.3) is 0 Å². The van der Waals surface area contributed by atoms with E-state index in [0.717, 1.165) is 6.07 Å². The lowest BCUT2D eigenvalue weighted by atomic mass is 10.2. The highest BCUT2D eigenvalue weighted by Crippen LogP contribution is 2.25. The van der Waals surface area contributed by atoms with Gasteiger partial charge in [-0.2, -0.15) is 4.31 Å². The van der Waals surface area contributed by atoms with Gasteiger partial charge in [0.1, 0.15) is 5.82 Å². The molecule has 112 valence electrons. The van der Waals surface area contributed by atoms with Crippen molar-refractivity contribution < 1.29 is 17.5 Å². The Bertz CT molecular complexity index is 591. The maximum absolute atomic E-state index is 13.5. The number of benzene rings is 1. The summed E-state index contributed by atoms with van der Waals surface area (Å²) in [5.74, 6) is -0.722. The predicted molar refractivity (Wildman–Crippen MR) is 74.2 cm³/mol. The van der Waals surface area contributed by atoms with Crippen molar-refractivity contribution in [2.45, 2.75) is 37.3 Å². The Balaban J connectivity index is 2.39. The molecule has 1 fully saturated rings. The Kier molecular flexibility index (Phi) is 4.31. The highest BCUT2D eigenvalue weighted by molar-refractivity contribution is 7.89. The van der Waals surface area contributed by atoms with Gasteiger partial charge in [0, 0.05) is 12.6 Å². The fourth-order valence-electron chi connectivity index (χ4n) is 2.23. The molecule has 2 unspecified atom stereocenters. The molecule has 1 aromatic carbocycles. The zero-order valence-corrected chi connectivity index (χ0v) is 12.4. The van der Waals surface area contributed by atoms with Gasteiger partial charge in [0.2, 0.25) is 10.0 Å². The molecular formula is C13H19FN2O3S. The minimum Gasteiger partial charge on any atom is -0.396 e. The molecule has 0 saturated carbocycles. The van der Waals surface area contributed by atoms with Crippen LogP contribution < -0.4 is 5.73 Å². The Morgan fingerprint density at radius 2 is 2.20 bits per heavy atom. The van der Waals surface area contributed by atoms with E-state index in [2.05, 4.69) is 0 Å². The van der Waals surface area contributed by atoms with Crippen molar-refractivity contribution >= 4 is 15.7 Å². The SMILES string of the molecule is CCC1COC(C)CN1S(=O)(=O)c1ccc(N)c(F)c1. The normalized spacial score (nSPS) is 24.8. The summed E-state index contributed by atoms with van der Waals surface area (Å²) in [4.78, 5) is -0.0725. The van der Waals surface area contributed by atoms with Crippen molar-refractivity contribution in [1.29, 1.82) is 0 Å². The molecule has 5 nitrogen and oxygen atoms in total. The van der Waals surface area contributed by atoms with Gasteiger partial charge in [-0.1, -0.05) is 6.92 Å². The Morgan fingerprint density at radius 3 is 2.80 bits per heavy atom. The molecule has 1 aromatic rings. The van der Waals surface area contributed by atoms with Gasteiger partial charge in [-0.05, 0) is 31.5 Å². The first kappa shape index (κ1) is 15.2. The second-order valence-corrected chi connectivity index (χ2v) is 6.85. The Labute approximate surface area is 118 Å². The summed E-state index contributed by atoms with van der Waals surface area (Å²) in [5, 5.41) is 0. The summed E-state index contributed by atoms with van der Waals surface area (Å²) < 4.78 is 45.6. The maximum Gasteiger partial charge on any atom is 0.243 e. The van der Waals surface area contributed by atoms with Crippen molar-refractivity contribution in [3.63, 3.8) is 0 Å². The number of hydrogen-bond donors (Lipinski definition) is 1. The molecule has 0 aromatic heterocycles. The number of nitrogen functional groups attached to an aromatic ring is 1. The molecule has 2 atom stereocenters. The van der Waals surface area contributed by atoms with Crippen LogP contribution >= 0.6 is 0 Å². The van der Waals surface area contributed by atoms with Crippen molar-refractivity contribution in [3.8, 4) is 0 Å². The molecule has 0 spiro atoms. The molecule has 1 aliphatic rings. The van der Waals surface area contributed by atoms with Crippen LogP contribution in [0.2, 0.25) is 0 Å². The van der Waals surface area contributed by atoms with Crippen molar-refractivity contribution in [2.24, 2.45) is 0 Å². The third-order valence-electron chi connectivity index (χ3n) is 3.47.